The molecule has 112 valence electrons. The van der Waals surface area contributed by atoms with Gasteiger partial charge in [0.25, 0.3) is 0 Å². The van der Waals surface area contributed by atoms with Crippen LogP contribution in [0.15, 0.2) is 18.2 Å². The first-order valence-corrected chi connectivity index (χ1v) is 7.69. The largest absolute Gasteiger partial charge is 0.492 e. The standard InChI is InChI=1S/C16H24ClNO2/c1-12-5-6-16(15(17)9-12)19-8-4-7-18-10-13(2)20-14(3)11-18/h5-6,9,13-14H,4,7-8,10-11H2,1-3H3/t13-,14-/m0/s1. The molecule has 1 aromatic rings. The van der Waals surface area contributed by atoms with Gasteiger partial charge in [-0.1, -0.05) is 17.7 Å². The number of nitrogens with zero attached hydrogens (tertiary/aromatic N) is 1. The number of benzene rings is 1. The van der Waals surface area contributed by atoms with Gasteiger partial charge in [-0.3, -0.25) is 4.90 Å². The maximum absolute atomic E-state index is 6.14. The third kappa shape index (κ3) is 4.65. The van der Waals surface area contributed by atoms with Gasteiger partial charge in [0, 0.05) is 19.6 Å². The molecule has 1 saturated heterocycles. The zero-order valence-corrected chi connectivity index (χ0v) is 13.3. The molecule has 0 N–H and O–H groups in total. The van der Waals surface area contributed by atoms with Crippen molar-refractivity contribution < 1.29 is 9.47 Å². The zero-order valence-electron chi connectivity index (χ0n) is 12.6. The highest BCUT2D eigenvalue weighted by Crippen LogP contribution is 2.25. The van der Waals surface area contributed by atoms with Gasteiger partial charge in [0.05, 0.1) is 23.8 Å². The molecular formula is C16H24ClNO2. The Kier molecular flexibility index (Phi) is 5.70. The predicted octanol–water partition coefficient (Wildman–Crippen LogP) is 3.53. The first kappa shape index (κ1) is 15.6. The quantitative estimate of drug-likeness (QED) is 0.776. The van der Waals surface area contributed by atoms with Crippen LogP contribution in [0.25, 0.3) is 0 Å². The van der Waals surface area contributed by atoms with Crippen molar-refractivity contribution in [1.82, 2.24) is 4.90 Å². The molecule has 0 spiro atoms. The lowest BCUT2D eigenvalue weighted by Gasteiger charge is -2.35. The lowest BCUT2D eigenvalue weighted by Crippen LogP contribution is -2.45. The van der Waals surface area contributed by atoms with Crippen molar-refractivity contribution >= 4 is 11.6 Å². The van der Waals surface area contributed by atoms with Crippen LogP contribution in [0.2, 0.25) is 5.02 Å². The highest BCUT2D eigenvalue weighted by Gasteiger charge is 2.21. The van der Waals surface area contributed by atoms with E-state index in [2.05, 4.69) is 18.7 Å². The number of hydrogen-bond acceptors (Lipinski definition) is 3. The van der Waals surface area contributed by atoms with Gasteiger partial charge in [0.2, 0.25) is 0 Å². The topological polar surface area (TPSA) is 21.7 Å². The summed E-state index contributed by atoms with van der Waals surface area (Å²) in [7, 11) is 0. The van der Waals surface area contributed by atoms with Crippen molar-refractivity contribution in [1.29, 1.82) is 0 Å². The van der Waals surface area contributed by atoms with E-state index in [9.17, 15) is 0 Å². The first-order chi connectivity index (χ1) is 9.54. The summed E-state index contributed by atoms with van der Waals surface area (Å²) in [5.74, 6) is 0.779. The second kappa shape index (κ2) is 7.30. The van der Waals surface area contributed by atoms with Gasteiger partial charge in [-0.05, 0) is 44.9 Å². The Hall–Kier alpha value is -0.770. The number of hydrogen-bond donors (Lipinski definition) is 0. The molecule has 0 unspecified atom stereocenters. The third-order valence-corrected chi connectivity index (χ3v) is 3.75. The molecule has 1 heterocycles. The van der Waals surface area contributed by atoms with Crippen LogP contribution in [-0.4, -0.2) is 43.3 Å². The molecule has 0 aliphatic carbocycles. The summed E-state index contributed by atoms with van der Waals surface area (Å²) in [6, 6.07) is 5.89. The Labute approximate surface area is 126 Å². The van der Waals surface area contributed by atoms with E-state index in [0.29, 0.717) is 23.8 Å². The predicted molar refractivity (Wildman–Crippen MR) is 82.8 cm³/mol. The number of ether oxygens (including phenoxy) is 2. The fourth-order valence-corrected chi connectivity index (χ4v) is 2.95. The van der Waals surface area contributed by atoms with Gasteiger partial charge < -0.3 is 9.47 Å². The van der Waals surface area contributed by atoms with E-state index in [1.165, 1.54) is 0 Å². The second-order valence-electron chi connectivity index (χ2n) is 5.65. The molecule has 0 amide bonds. The molecular weight excluding hydrogens is 274 g/mol. The van der Waals surface area contributed by atoms with Crippen molar-refractivity contribution in [2.45, 2.75) is 39.4 Å². The van der Waals surface area contributed by atoms with Crippen LogP contribution in [0.1, 0.15) is 25.8 Å². The number of aryl methyl sites for hydroxylation is 1. The van der Waals surface area contributed by atoms with Crippen LogP contribution in [-0.2, 0) is 4.74 Å². The van der Waals surface area contributed by atoms with Crippen molar-refractivity contribution in [3.05, 3.63) is 28.8 Å². The minimum atomic E-state index is 0.325. The molecule has 2 atom stereocenters. The van der Waals surface area contributed by atoms with Crippen LogP contribution < -0.4 is 4.74 Å². The van der Waals surface area contributed by atoms with E-state index in [1.807, 2.05) is 25.1 Å². The van der Waals surface area contributed by atoms with Gasteiger partial charge in [-0.15, -0.1) is 0 Å². The smallest absolute Gasteiger partial charge is 0.137 e. The fraction of sp³-hybridized carbons (Fsp3) is 0.625. The first-order valence-electron chi connectivity index (χ1n) is 7.31. The summed E-state index contributed by atoms with van der Waals surface area (Å²) < 4.78 is 11.5. The Bertz CT molecular complexity index is 428. The van der Waals surface area contributed by atoms with Gasteiger partial charge in [-0.25, -0.2) is 0 Å². The van der Waals surface area contributed by atoms with E-state index in [-0.39, 0.29) is 0 Å². The maximum Gasteiger partial charge on any atom is 0.137 e. The molecule has 1 aromatic carbocycles. The zero-order chi connectivity index (χ0) is 14.5. The maximum atomic E-state index is 6.14. The highest BCUT2D eigenvalue weighted by molar-refractivity contribution is 6.32. The van der Waals surface area contributed by atoms with Crippen LogP contribution >= 0.6 is 11.6 Å². The van der Waals surface area contributed by atoms with Crippen LogP contribution in [0, 0.1) is 6.92 Å². The number of halogens is 1. The van der Waals surface area contributed by atoms with Crippen molar-refractivity contribution in [2.24, 2.45) is 0 Å². The average molecular weight is 298 g/mol. The van der Waals surface area contributed by atoms with E-state index >= 15 is 0 Å². The van der Waals surface area contributed by atoms with Crippen molar-refractivity contribution in [2.75, 3.05) is 26.2 Å². The second-order valence-corrected chi connectivity index (χ2v) is 6.06. The summed E-state index contributed by atoms with van der Waals surface area (Å²) >= 11 is 6.14. The van der Waals surface area contributed by atoms with Gasteiger partial charge >= 0.3 is 0 Å². The Morgan fingerprint density at radius 1 is 1.30 bits per heavy atom. The molecule has 2 rings (SSSR count). The molecule has 0 bridgehead atoms. The average Bonchev–Trinajstić information content (AvgIpc) is 2.35. The SMILES string of the molecule is Cc1ccc(OCCCN2C[C@H](C)O[C@@H](C)C2)c(Cl)c1. The summed E-state index contributed by atoms with van der Waals surface area (Å²) in [5.41, 5.74) is 1.15. The molecule has 0 aromatic heterocycles. The Balaban J connectivity index is 1.71. The minimum absolute atomic E-state index is 0.325. The van der Waals surface area contributed by atoms with Crippen LogP contribution in [0.5, 0.6) is 5.75 Å². The molecule has 1 aliphatic heterocycles. The summed E-state index contributed by atoms with van der Waals surface area (Å²) in [6.07, 6.45) is 1.65. The monoisotopic (exact) mass is 297 g/mol. The molecule has 0 radical (unpaired) electrons. The Morgan fingerprint density at radius 3 is 2.65 bits per heavy atom. The van der Waals surface area contributed by atoms with Crippen LogP contribution in [0.3, 0.4) is 0 Å². The lowest BCUT2D eigenvalue weighted by atomic mass is 10.2. The van der Waals surface area contributed by atoms with Crippen LogP contribution in [0.4, 0.5) is 0 Å². The minimum Gasteiger partial charge on any atom is -0.492 e. The summed E-state index contributed by atoms with van der Waals surface area (Å²) in [5, 5.41) is 0.693. The fourth-order valence-electron chi connectivity index (χ4n) is 2.66. The normalized spacial score (nSPS) is 23.8. The van der Waals surface area contributed by atoms with Gasteiger partial charge in [-0.2, -0.15) is 0 Å². The molecule has 1 aliphatic rings. The van der Waals surface area contributed by atoms with Crippen molar-refractivity contribution in [3.63, 3.8) is 0 Å². The van der Waals surface area contributed by atoms with E-state index in [4.69, 9.17) is 21.1 Å². The highest BCUT2D eigenvalue weighted by atomic mass is 35.5. The van der Waals surface area contributed by atoms with E-state index in [1.54, 1.807) is 0 Å². The molecule has 4 heteroatoms. The summed E-state index contributed by atoms with van der Waals surface area (Å²) in [6.45, 7) is 10.0. The molecule has 1 fully saturated rings. The Morgan fingerprint density at radius 2 is 2.00 bits per heavy atom. The van der Waals surface area contributed by atoms with Gasteiger partial charge in [0.15, 0.2) is 0 Å². The molecule has 20 heavy (non-hydrogen) atoms. The van der Waals surface area contributed by atoms with Gasteiger partial charge in [0.1, 0.15) is 5.75 Å². The van der Waals surface area contributed by atoms with E-state index in [0.717, 1.165) is 37.4 Å². The van der Waals surface area contributed by atoms with E-state index < -0.39 is 0 Å². The third-order valence-electron chi connectivity index (χ3n) is 3.46. The lowest BCUT2D eigenvalue weighted by molar-refractivity contribution is -0.0686. The molecule has 3 nitrogen and oxygen atoms in total. The molecule has 0 saturated carbocycles. The van der Waals surface area contributed by atoms with Crippen molar-refractivity contribution in [3.8, 4) is 5.75 Å². The summed E-state index contributed by atoms with van der Waals surface area (Å²) in [4.78, 5) is 2.44. The number of rotatable bonds is 5. The number of morpholine rings is 1.